The lowest BCUT2D eigenvalue weighted by molar-refractivity contribution is -0.133. The fraction of sp³-hybridized carbons (Fsp3) is 0.600. The van der Waals surface area contributed by atoms with Gasteiger partial charge in [0.15, 0.2) is 0 Å². The molecule has 1 saturated heterocycles. The zero-order valence-corrected chi connectivity index (χ0v) is 15.3. The predicted molar refractivity (Wildman–Crippen MR) is 98.2 cm³/mol. The molecule has 2 aliphatic heterocycles. The molecule has 136 valence electrons. The van der Waals surface area contributed by atoms with Gasteiger partial charge in [0.05, 0.1) is 12.5 Å². The lowest BCUT2D eigenvalue weighted by Gasteiger charge is -2.37. The van der Waals surface area contributed by atoms with Crippen LogP contribution in [0.5, 0.6) is 0 Å². The van der Waals surface area contributed by atoms with Gasteiger partial charge in [-0.3, -0.25) is 9.59 Å². The molecule has 1 aromatic rings. The van der Waals surface area contributed by atoms with Crippen LogP contribution in [0.2, 0.25) is 0 Å². The van der Waals surface area contributed by atoms with Gasteiger partial charge in [-0.1, -0.05) is 31.2 Å². The van der Waals surface area contributed by atoms with E-state index in [2.05, 4.69) is 29.3 Å². The van der Waals surface area contributed by atoms with E-state index < -0.39 is 0 Å². The van der Waals surface area contributed by atoms with Crippen LogP contribution in [0, 0.1) is 0 Å². The Morgan fingerprint density at radius 1 is 1.24 bits per heavy atom. The normalized spacial score (nSPS) is 23.8. The molecule has 2 unspecified atom stereocenters. The molecular formula is C20H29N3O2. The molecule has 0 radical (unpaired) electrons. The molecule has 0 spiro atoms. The minimum absolute atomic E-state index is 0.0436. The fourth-order valence-electron chi connectivity index (χ4n) is 4.17. The Kier molecular flexibility index (Phi) is 5.74. The summed E-state index contributed by atoms with van der Waals surface area (Å²) in [6, 6.07) is 8.27. The average Bonchev–Trinajstić information content (AvgIpc) is 2.61. The van der Waals surface area contributed by atoms with Crippen LogP contribution in [-0.4, -0.2) is 53.8 Å². The van der Waals surface area contributed by atoms with Crippen molar-refractivity contribution >= 4 is 11.8 Å². The van der Waals surface area contributed by atoms with E-state index in [-0.39, 0.29) is 23.9 Å². The Balaban J connectivity index is 1.68. The van der Waals surface area contributed by atoms with Gasteiger partial charge in [-0.05, 0) is 43.5 Å². The zero-order valence-electron chi connectivity index (χ0n) is 15.3. The Hall–Kier alpha value is -1.88. The van der Waals surface area contributed by atoms with E-state index in [1.54, 1.807) is 6.92 Å². The van der Waals surface area contributed by atoms with E-state index in [1.807, 2.05) is 17.0 Å². The molecule has 2 aliphatic rings. The maximum atomic E-state index is 12.7. The molecule has 0 saturated carbocycles. The number of amides is 2. The summed E-state index contributed by atoms with van der Waals surface area (Å²) < 4.78 is 0. The highest BCUT2D eigenvalue weighted by molar-refractivity contribution is 5.80. The van der Waals surface area contributed by atoms with Crippen LogP contribution in [0.25, 0.3) is 0 Å². The summed E-state index contributed by atoms with van der Waals surface area (Å²) in [6.07, 6.45) is 3.38. The number of benzene rings is 1. The van der Waals surface area contributed by atoms with E-state index in [0.717, 1.165) is 44.5 Å². The van der Waals surface area contributed by atoms with Gasteiger partial charge in [-0.25, -0.2) is 0 Å². The third kappa shape index (κ3) is 4.21. The van der Waals surface area contributed by atoms with Crippen molar-refractivity contribution in [2.45, 2.75) is 51.6 Å². The maximum Gasteiger partial charge on any atom is 0.222 e. The van der Waals surface area contributed by atoms with Crippen molar-refractivity contribution in [3.05, 3.63) is 35.4 Å². The maximum absolute atomic E-state index is 12.7. The van der Waals surface area contributed by atoms with E-state index in [0.29, 0.717) is 13.0 Å². The molecule has 0 aliphatic carbocycles. The fourth-order valence-corrected chi connectivity index (χ4v) is 4.17. The quantitative estimate of drug-likeness (QED) is 0.911. The molecule has 2 atom stereocenters. The van der Waals surface area contributed by atoms with Crippen molar-refractivity contribution in [1.82, 2.24) is 15.1 Å². The van der Waals surface area contributed by atoms with Crippen LogP contribution in [0.1, 0.15) is 50.3 Å². The number of likely N-dealkylation sites (tertiary alicyclic amines) is 1. The smallest absolute Gasteiger partial charge is 0.222 e. The topological polar surface area (TPSA) is 52.7 Å². The van der Waals surface area contributed by atoms with Gasteiger partial charge in [-0.2, -0.15) is 0 Å². The van der Waals surface area contributed by atoms with Gasteiger partial charge in [0.1, 0.15) is 0 Å². The molecule has 0 aromatic heterocycles. The number of carbonyl (C=O) groups is 2. The summed E-state index contributed by atoms with van der Waals surface area (Å²) in [6.45, 7) is 7.53. The van der Waals surface area contributed by atoms with Crippen molar-refractivity contribution in [2.75, 3.05) is 26.2 Å². The highest BCUT2D eigenvalue weighted by Crippen LogP contribution is 2.32. The van der Waals surface area contributed by atoms with Crippen molar-refractivity contribution < 1.29 is 9.59 Å². The van der Waals surface area contributed by atoms with E-state index in [9.17, 15) is 9.59 Å². The first-order valence-corrected chi connectivity index (χ1v) is 9.45. The van der Waals surface area contributed by atoms with Crippen LogP contribution < -0.4 is 5.32 Å². The first-order valence-electron chi connectivity index (χ1n) is 9.45. The molecule has 0 bridgehead atoms. The third-order valence-corrected chi connectivity index (χ3v) is 5.51. The summed E-state index contributed by atoms with van der Waals surface area (Å²) >= 11 is 0. The highest BCUT2D eigenvalue weighted by Gasteiger charge is 2.31. The monoisotopic (exact) mass is 343 g/mol. The largest absolute Gasteiger partial charge is 0.352 e. The van der Waals surface area contributed by atoms with Crippen molar-refractivity contribution in [3.63, 3.8) is 0 Å². The Morgan fingerprint density at radius 2 is 2.04 bits per heavy atom. The average molecular weight is 343 g/mol. The van der Waals surface area contributed by atoms with Crippen LogP contribution >= 0.6 is 0 Å². The number of nitrogens with one attached hydrogen (secondary N) is 1. The lowest BCUT2D eigenvalue weighted by Crippen LogP contribution is -2.48. The Morgan fingerprint density at radius 3 is 2.80 bits per heavy atom. The molecule has 25 heavy (non-hydrogen) atoms. The van der Waals surface area contributed by atoms with Gasteiger partial charge >= 0.3 is 0 Å². The molecule has 1 aromatic carbocycles. The molecule has 1 N–H and O–H groups in total. The van der Waals surface area contributed by atoms with E-state index in [1.165, 1.54) is 5.56 Å². The predicted octanol–water partition coefficient (Wildman–Crippen LogP) is 2.12. The van der Waals surface area contributed by atoms with Crippen LogP contribution in [-0.2, 0) is 16.0 Å². The number of fused-ring (bicyclic) bond motifs is 1. The summed E-state index contributed by atoms with van der Waals surface area (Å²) in [4.78, 5) is 29.0. The van der Waals surface area contributed by atoms with E-state index >= 15 is 0 Å². The van der Waals surface area contributed by atoms with Gasteiger partial charge < -0.3 is 15.1 Å². The minimum atomic E-state index is -0.145. The van der Waals surface area contributed by atoms with Crippen molar-refractivity contribution in [3.8, 4) is 0 Å². The van der Waals surface area contributed by atoms with Gasteiger partial charge in [0, 0.05) is 26.1 Å². The van der Waals surface area contributed by atoms with Crippen LogP contribution in [0.15, 0.2) is 24.3 Å². The van der Waals surface area contributed by atoms with Gasteiger partial charge in [-0.15, -0.1) is 0 Å². The number of carbonyl (C=O) groups excluding carboxylic acids is 2. The second-order valence-corrected chi connectivity index (χ2v) is 7.18. The second-order valence-electron chi connectivity index (χ2n) is 7.18. The summed E-state index contributed by atoms with van der Waals surface area (Å²) in [5.74, 6) is 0.0954. The second kappa shape index (κ2) is 8.00. The number of likely N-dealkylation sites (N-methyl/N-ethyl adjacent to an activating group) is 1. The van der Waals surface area contributed by atoms with Gasteiger partial charge in [0.25, 0.3) is 0 Å². The minimum Gasteiger partial charge on any atom is -0.352 e. The first-order chi connectivity index (χ1) is 12.1. The molecule has 2 heterocycles. The summed E-state index contributed by atoms with van der Waals surface area (Å²) in [7, 11) is 0. The van der Waals surface area contributed by atoms with Gasteiger partial charge in [0.2, 0.25) is 11.8 Å². The molecule has 5 nitrogen and oxygen atoms in total. The Labute approximate surface area is 150 Å². The lowest BCUT2D eigenvalue weighted by atomic mass is 9.90. The summed E-state index contributed by atoms with van der Waals surface area (Å²) in [5, 5.41) is 3.20. The number of hydrogen-bond acceptors (Lipinski definition) is 3. The molecular weight excluding hydrogens is 314 g/mol. The number of hydrogen-bond donors (Lipinski definition) is 1. The SMILES string of the molecule is CCN1CCCC(NC(=O)CC2c3ccccc3CCN2C(C)=O)C1. The summed E-state index contributed by atoms with van der Waals surface area (Å²) in [5.41, 5.74) is 2.38. The number of nitrogens with zero attached hydrogens (tertiary/aromatic N) is 2. The molecule has 1 fully saturated rings. The van der Waals surface area contributed by atoms with E-state index in [4.69, 9.17) is 0 Å². The molecule has 5 heteroatoms. The highest BCUT2D eigenvalue weighted by atomic mass is 16.2. The zero-order chi connectivity index (χ0) is 17.8. The Bertz CT molecular complexity index is 631. The third-order valence-electron chi connectivity index (χ3n) is 5.51. The molecule has 3 rings (SSSR count). The molecule has 2 amide bonds. The number of piperidine rings is 1. The van der Waals surface area contributed by atoms with Crippen molar-refractivity contribution in [2.24, 2.45) is 0 Å². The standard InChI is InChI=1S/C20H29N3O2/c1-3-22-11-6-8-17(14-22)21-20(25)13-19-18-9-5-4-7-16(18)10-12-23(19)15(2)24/h4-5,7,9,17,19H,3,6,8,10-14H2,1-2H3,(H,21,25). The van der Waals surface area contributed by atoms with Crippen LogP contribution in [0.3, 0.4) is 0 Å². The van der Waals surface area contributed by atoms with Crippen LogP contribution in [0.4, 0.5) is 0 Å². The first kappa shape index (κ1) is 17.9. The number of rotatable bonds is 4. The van der Waals surface area contributed by atoms with Crippen molar-refractivity contribution in [1.29, 1.82) is 0 Å².